The zero-order chi connectivity index (χ0) is 35.8. The Morgan fingerprint density at radius 2 is 1.53 bits per heavy atom. The summed E-state index contributed by atoms with van der Waals surface area (Å²) < 4.78 is 9.12. The minimum atomic E-state index is -0.646. The Kier molecular flexibility index (Phi) is 15.5. The molecule has 1 saturated heterocycles. The lowest BCUT2D eigenvalue weighted by molar-refractivity contribution is -0.131. The topological polar surface area (TPSA) is 161 Å². The van der Waals surface area contributed by atoms with Gasteiger partial charge >= 0.3 is 12.2 Å². The molecule has 0 radical (unpaired) electrons. The molecular weight excluding hydrogens is 628 g/mol. The first kappa shape index (κ1) is 38.4. The van der Waals surface area contributed by atoms with Gasteiger partial charge in [0.15, 0.2) is 0 Å². The lowest BCUT2D eigenvalue weighted by atomic mass is 9.93. The van der Waals surface area contributed by atoms with E-state index in [4.69, 9.17) is 0 Å². The van der Waals surface area contributed by atoms with Gasteiger partial charge in [-0.05, 0) is 50.3 Å². The fourth-order valence-corrected chi connectivity index (χ4v) is 5.71. The molecule has 0 aliphatic carbocycles. The number of H-pyrrole nitrogens is 1. The average Bonchev–Trinajstić information content (AvgIpc) is 3.59. The summed E-state index contributed by atoms with van der Waals surface area (Å²) in [6.07, 6.45) is 6.07. The van der Waals surface area contributed by atoms with Gasteiger partial charge in [0.1, 0.15) is 18.9 Å². The molecule has 3 rings (SSSR count). The number of hydrogen-bond acceptors (Lipinski definition) is 9. The van der Waals surface area contributed by atoms with Crippen molar-refractivity contribution in [3.63, 3.8) is 0 Å². The van der Waals surface area contributed by atoms with Gasteiger partial charge in [-0.2, -0.15) is 0 Å². The number of carbonyl (C=O) groups is 4. The fourth-order valence-electron chi connectivity index (χ4n) is 5.71. The highest BCUT2D eigenvalue weighted by atomic mass is 16.5. The highest BCUT2D eigenvalue weighted by molar-refractivity contribution is 5.83. The van der Waals surface area contributed by atoms with Gasteiger partial charge < -0.3 is 45.1 Å². The first-order valence-corrected chi connectivity index (χ1v) is 16.8. The number of aromatic amines is 1. The Balaban J connectivity index is 1.52. The van der Waals surface area contributed by atoms with Crippen LogP contribution in [0.1, 0.15) is 69.5 Å². The van der Waals surface area contributed by atoms with Crippen molar-refractivity contribution in [1.82, 2.24) is 35.7 Å². The van der Waals surface area contributed by atoms with Crippen LogP contribution in [0.2, 0.25) is 0 Å². The predicted octanol–water partition coefficient (Wildman–Crippen LogP) is 3.95. The molecule has 14 nitrogen and oxygen atoms in total. The van der Waals surface area contributed by atoms with Crippen LogP contribution in [-0.2, 0) is 25.6 Å². The van der Waals surface area contributed by atoms with E-state index in [0.717, 1.165) is 67.2 Å². The molecule has 2 heterocycles. The van der Waals surface area contributed by atoms with Crippen molar-refractivity contribution in [2.24, 2.45) is 0 Å². The number of piperidine rings is 1. The number of anilines is 1. The molecular formula is C35H52N8O6. The largest absolute Gasteiger partial charge is 0.453 e. The summed E-state index contributed by atoms with van der Waals surface area (Å²) in [7, 11) is 2.52. The standard InChI is InChI=1S/C35H52N8O6/c1-7-16-42(32(44)21-37-34(46)48-5)23-25(4)39-29(9-3)26-10-12-28(13-11-26)41-18-14-27(15-19-41)30-20-36-31(40-30)24-43(17-8-2)33(45)22-38-35(47)49-6/h9-13,20,27,39H,4,7-8,14-19,21-24H2,1-3,5-6H3,(H,36,40)(H,37,46)(H,38,47)/b29-9-. The molecule has 1 aliphatic rings. The molecule has 0 spiro atoms. The molecule has 0 saturated carbocycles. The van der Waals surface area contributed by atoms with Crippen molar-refractivity contribution in [2.45, 2.75) is 58.9 Å². The van der Waals surface area contributed by atoms with Crippen LogP contribution >= 0.6 is 0 Å². The predicted molar refractivity (Wildman–Crippen MR) is 189 cm³/mol. The summed E-state index contributed by atoms with van der Waals surface area (Å²) in [5.41, 5.74) is 4.78. The molecule has 0 bridgehead atoms. The maximum Gasteiger partial charge on any atom is 0.407 e. The number of alkyl carbamates (subject to hydrolysis) is 2. The quantitative estimate of drug-likeness (QED) is 0.194. The SMILES string of the molecule is C=C(CN(CCC)C(=O)CNC(=O)OC)N/C(=C\C)c1ccc(N2CCC(c3cnc(CN(CCC)C(=O)CNC(=O)OC)[nH]3)CC2)cc1. The second-order valence-corrected chi connectivity index (χ2v) is 11.8. The number of amides is 4. The van der Waals surface area contributed by atoms with E-state index < -0.39 is 12.2 Å². The molecule has 0 unspecified atom stereocenters. The maximum absolute atomic E-state index is 12.7. The third-order valence-corrected chi connectivity index (χ3v) is 8.28. The molecule has 2 aromatic rings. The lowest BCUT2D eigenvalue weighted by Gasteiger charge is -2.33. The van der Waals surface area contributed by atoms with Crippen LogP contribution in [-0.4, -0.2) is 104 Å². The Labute approximate surface area is 289 Å². The van der Waals surface area contributed by atoms with Crippen LogP contribution in [0.4, 0.5) is 15.3 Å². The minimum absolute atomic E-state index is 0.125. The van der Waals surface area contributed by atoms with Crippen LogP contribution in [0.5, 0.6) is 0 Å². The summed E-state index contributed by atoms with van der Waals surface area (Å²) in [4.78, 5) is 61.8. The van der Waals surface area contributed by atoms with Crippen molar-refractivity contribution in [1.29, 1.82) is 0 Å². The molecule has 4 amide bonds. The fraction of sp³-hybridized carbons (Fsp3) is 0.514. The number of benzene rings is 1. The first-order chi connectivity index (χ1) is 23.6. The van der Waals surface area contributed by atoms with Crippen molar-refractivity contribution in [3.05, 3.63) is 65.9 Å². The normalized spacial score (nSPS) is 13.3. The summed E-state index contributed by atoms with van der Waals surface area (Å²) in [5.74, 6) is 0.663. The molecule has 268 valence electrons. The molecule has 1 aliphatic heterocycles. The number of methoxy groups -OCH3 is 2. The number of nitrogens with zero attached hydrogens (tertiary/aromatic N) is 4. The summed E-state index contributed by atoms with van der Waals surface area (Å²) in [5, 5.41) is 8.25. The number of allylic oxidation sites excluding steroid dienone is 1. The van der Waals surface area contributed by atoms with E-state index in [-0.39, 0.29) is 24.9 Å². The third kappa shape index (κ3) is 11.9. The van der Waals surface area contributed by atoms with Crippen LogP contribution < -0.4 is 20.9 Å². The molecule has 14 heteroatoms. The van der Waals surface area contributed by atoms with Gasteiger partial charge in [-0.15, -0.1) is 0 Å². The van der Waals surface area contributed by atoms with Gasteiger partial charge in [0, 0.05) is 61.1 Å². The number of ether oxygens (including phenoxy) is 2. The second-order valence-electron chi connectivity index (χ2n) is 11.8. The maximum atomic E-state index is 12.7. The number of aromatic nitrogens is 2. The van der Waals surface area contributed by atoms with Crippen molar-refractivity contribution in [2.75, 3.05) is 64.9 Å². The average molecular weight is 681 g/mol. The number of imidazole rings is 1. The van der Waals surface area contributed by atoms with E-state index in [2.05, 4.69) is 71.1 Å². The van der Waals surface area contributed by atoms with Crippen molar-refractivity contribution < 1.29 is 28.7 Å². The summed E-state index contributed by atoms with van der Waals surface area (Å²) in [6.45, 7) is 13.4. The van der Waals surface area contributed by atoms with E-state index in [1.807, 2.05) is 33.0 Å². The van der Waals surface area contributed by atoms with Crippen molar-refractivity contribution >= 4 is 35.4 Å². The van der Waals surface area contributed by atoms with E-state index >= 15 is 0 Å². The number of rotatable bonds is 17. The highest BCUT2D eigenvalue weighted by Crippen LogP contribution is 2.30. The Hall–Kier alpha value is -5.01. The highest BCUT2D eigenvalue weighted by Gasteiger charge is 2.24. The zero-order valence-corrected chi connectivity index (χ0v) is 29.5. The minimum Gasteiger partial charge on any atom is -0.453 e. The number of nitrogens with one attached hydrogen (secondary N) is 4. The van der Waals surface area contributed by atoms with Gasteiger partial charge in [-0.1, -0.05) is 38.6 Å². The zero-order valence-electron chi connectivity index (χ0n) is 29.5. The van der Waals surface area contributed by atoms with E-state index in [1.165, 1.54) is 14.2 Å². The Morgan fingerprint density at radius 1 is 0.959 bits per heavy atom. The third-order valence-electron chi connectivity index (χ3n) is 8.28. The number of hydrogen-bond donors (Lipinski definition) is 4. The van der Waals surface area contributed by atoms with Gasteiger partial charge in [-0.3, -0.25) is 9.59 Å². The molecule has 49 heavy (non-hydrogen) atoms. The lowest BCUT2D eigenvalue weighted by Crippen LogP contribution is -2.42. The van der Waals surface area contributed by atoms with Crippen LogP contribution in [0, 0.1) is 0 Å². The van der Waals surface area contributed by atoms with Gasteiger partial charge in [-0.25, -0.2) is 14.6 Å². The summed E-state index contributed by atoms with van der Waals surface area (Å²) in [6, 6.07) is 8.41. The van der Waals surface area contributed by atoms with Crippen LogP contribution in [0.3, 0.4) is 0 Å². The Morgan fingerprint density at radius 3 is 2.08 bits per heavy atom. The summed E-state index contributed by atoms with van der Waals surface area (Å²) >= 11 is 0. The van der Waals surface area contributed by atoms with E-state index in [9.17, 15) is 19.2 Å². The smallest absolute Gasteiger partial charge is 0.407 e. The monoisotopic (exact) mass is 680 g/mol. The second kappa shape index (κ2) is 19.7. The number of carbonyl (C=O) groups excluding carboxylic acids is 4. The molecule has 1 aromatic carbocycles. The van der Waals surface area contributed by atoms with E-state index in [0.29, 0.717) is 37.8 Å². The van der Waals surface area contributed by atoms with Gasteiger partial charge in [0.25, 0.3) is 0 Å². The van der Waals surface area contributed by atoms with Crippen molar-refractivity contribution in [3.8, 4) is 0 Å². The molecule has 0 atom stereocenters. The first-order valence-electron chi connectivity index (χ1n) is 16.8. The van der Waals surface area contributed by atoms with Crippen LogP contribution in [0.15, 0.2) is 48.8 Å². The molecule has 4 N–H and O–H groups in total. The van der Waals surface area contributed by atoms with Crippen LogP contribution in [0.25, 0.3) is 5.70 Å². The molecule has 1 aromatic heterocycles. The van der Waals surface area contributed by atoms with E-state index in [1.54, 1.807) is 9.80 Å². The van der Waals surface area contributed by atoms with Gasteiger partial charge in [0.2, 0.25) is 11.8 Å². The Bertz CT molecular complexity index is 1430. The molecule has 1 fully saturated rings. The van der Waals surface area contributed by atoms with Gasteiger partial charge in [0.05, 0.1) is 27.3 Å².